The summed E-state index contributed by atoms with van der Waals surface area (Å²) in [5.41, 5.74) is 3.17. The van der Waals surface area contributed by atoms with E-state index in [1.807, 2.05) is 0 Å². The molecular formula is C12H10N6O3. The van der Waals surface area contributed by atoms with Crippen molar-refractivity contribution in [1.82, 2.24) is 19.9 Å². The normalized spacial score (nSPS) is 11.2. The van der Waals surface area contributed by atoms with Gasteiger partial charge in [-0.3, -0.25) is 4.79 Å². The molecule has 9 heteroatoms. The van der Waals surface area contributed by atoms with E-state index in [0.29, 0.717) is 5.56 Å². The number of imidazole rings is 1. The van der Waals surface area contributed by atoms with Crippen LogP contribution in [0.5, 0.6) is 11.5 Å². The van der Waals surface area contributed by atoms with E-state index >= 15 is 0 Å². The van der Waals surface area contributed by atoms with Crippen molar-refractivity contribution in [1.29, 1.82) is 0 Å². The molecule has 0 unspecified atom stereocenters. The van der Waals surface area contributed by atoms with Gasteiger partial charge in [-0.1, -0.05) is 0 Å². The van der Waals surface area contributed by atoms with E-state index in [0.717, 1.165) is 0 Å². The summed E-state index contributed by atoms with van der Waals surface area (Å²) in [6.45, 7) is 0. The first-order chi connectivity index (χ1) is 10.1. The maximum Gasteiger partial charge on any atom is 0.276 e. The number of phenolic OH excluding ortho intramolecular Hbond substituents is 2. The summed E-state index contributed by atoms with van der Waals surface area (Å²) < 4.78 is 0. The van der Waals surface area contributed by atoms with Crippen LogP contribution in [0.25, 0.3) is 11.2 Å². The van der Waals surface area contributed by atoms with E-state index in [-0.39, 0.29) is 34.2 Å². The Hall–Kier alpha value is -3.36. The maximum absolute atomic E-state index is 11.5. The fourth-order valence-electron chi connectivity index (χ4n) is 1.70. The number of rotatable bonds is 3. The van der Waals surface area contributed by atoms with Gasteiger partial charge in [0.05, 0.1) is 12.5 Å². The fourth-order valence-corrected chi connectivity index (χ4v) is 1.70. The second kappa shape index (κ2) is 4.96. The Labute approximate surface area is 117 Å². The van der Waals surface area contributed by atoms with Crippen molar-refractivity contribution >= 4 is 23.3 Å². The molecule has 0 amide bonds. The molecule has 0 fully saturated rings. The molecule has 0 bridgehead atoms. The van der Waals surface area contributed by atoms with Gasteiger partial charge in [-0.05, 0) is 12.1 Å². The number of aromatic amines is 2. The number of anilines is 1. The number of hydrogen-bond acceptors (Lipinski definition) is 7. The molecule has 0 saturated heterocycles. The fraction of sp³-hybridized carbons (Fsp3) is 0. The zero-order chi connectivity index (χ0) is 14.8. The van der Waals surface area contributed by atoms with Gasteiger partial charge < -0.3 is 20.2 Å². The Morgan fingerprint density at radius 2 is 2.19 bits per heavy atom. The van der Waals surface area contributed by atoms with Crippen LogP contribution >= 0.6 is 0 Å². The van der Waals surface area contributed by atoms with Crippen LogP contribution in [0.4, 0.5) is 5.95 Å². The van der Waals surface area contributed by atoms with Gasteiger partial charge in [0.25, 0.3) is 5.56 Å². The van der Waals surface area contributed by atoms with Gasteiger partial charge in [0.15, 0.2) is 11.2 Å². The van der Waals surface area contributed by atoms with Crippen molar-refractivity contribution in [3.8, 4) is 11.5 Å². The molecule has 0 atom stereocenters. The lowest BCUT2D eigenvalue weighted by Crippen LogP contribution is -2.05. The molecule has 0 saturated carbocycles. The van der Waals surface area contributed by atoms with E-state index in [1.54, 1.807) is 0 Å². The summed E-state index contributed by atoms with van der Waals surface area (Å²) in [7, 11) is 0. The lowest BCUT2D eigenvalue weighted by Gasteiger charge is -1.99. The van der Waals surface area contributed by atoms with Gasteiger partial charge in [0.1, 0.15) is 11.5 Å². The number of benzene rings is 1. The molecular weight excluding hydrogens is 276 g/mol. The molecule has 3 rings (SSSR count). The Balaban J connectivity index is 1.81. The first-order valence-corrected chi connectivity index (χ1v) is 5.88. The summed E-state index contributed by atoms with van der Waals surface area (Å²) in [4.78, 5) is 24.5. The molecule has 2 heterocycles. The molecule has 2 aromatic heterocycles. The van der Waals surface area contributed by atoms with Gasteiger partial charge in [-0.15, -0.1) is 0 Å². The predicted molar refractivity (Wildman–Crippen MR) is 75.5 cm³/mol. The Kier molecular flexibility index (Phi) is 2.99. The minimum atomic E-state index is -0.333. The van der Waals surface area contributed by atoms with Crippen molar-refractivity contribution in [3.05, 3.63) is 40.4 Å². The van der Waals surface area contributed by atoms with Gasteiger partial charge in [-0.25, -0.2) is 10.4 Å². The zero-order valence-corrected chi connectivity index (χ0v) is 10.5. The second-order valence-corrected chi connectivity index (χ2v) is 4.13. The van der Waals surface area contributed by atoms with Crippen molar-refractivity contribution in [3.63, 3.8) is 0 Å². The highest BCUT2D eigenvalue weighted by Gasteiger charge is 2.05. The lowest BCUT2D eigenvalue weighted by molar-refractivity contribution is 0.450. The number of fused-ring (bicyclic) bond motifs is 1. The molecule has 0 aliphatic heterocycles. The molecule has 0 aliphatic rings. The van der Waals surface area contributed by atoms with Crippen molar-refractivity contribution in [2.24, 2.45) is 5.10 Å². The lowest BCUT2D eigenvalue weighted by atomic mass is 10.2. The average molecular weight is 286 g/mol. The van der Waals surface area contributed by atoms with E-state index in [9.17, 15) is 15.0 Å². The summed E-state index contributed by atoms with van der Waals surface area (Å²) in [5, 5.41) is 22.6. The third-order valence-electron chi connectivity index (χ3n) is 2.68. The Morgan fingerprint density at radius 1 is 1.33 bits per heavy atom. The Bertz CT molecular complexity index is 882. The number of nitrogens with one attached hydrogen (secondary N) is 3. The smallest absolute Gasteiger partial charge is 0.276 e. The number of phenols is 2. The quantitative estimate of drug-likeness (QED) is 0.351. The molecule has 3 aromatic rings. The molecule has 0 aliphatic carbocycles. The highest BCUT2D eigenvalue weighted by Crippen LogP contribution is 2.20. The monoisotopic (exact) mass is 286 g/mol. The van der Waals surface area contributed by atoms with Gasteiger partial charge in [0.2, 0.25) is 5.95 Å². The van der Waals surface area contributed by atoms with Crippen molar-refractivity contribution in [2.75, 3.05) is 5.43 Å². The van der Waals surface area contributed by atoms with Crippen LogP contribution in [-0.2, 0) is 0 Å². The average Bonchev–Trinajstić information content (AvgIpc) is 2.86. The first kappa shape index (κ1) is 12.7. The van der Waals surface area contributed by atoms with E-state index in [4.69, 9.17) is 0 Å². The molecule has 0 radical (unpaired) electrons. The maximum atomic E-state index is 11.5. The molecule has 9 nitrogen and oxygen atoms in total. The first-order valence-electron chi connectivity index (χ1n) is 5.88. The van der Waals surface area contributed by atoms with E-state index < -0.39 is 0 Å². The Morgan fingerprint density at radius 3 is 2.95 bits per heavy atom. The number of nitrogens with zero attached hydrogens (tertiary/aromatic N) is 3. The minimum absolute atomic E-state index is 0.0415. The van der Waals surface area contributed by atoms with E-state index in [2.05, 4.69) is 30.5 Å². The van der Waals surface area contributed by atoms with E-state index in [1.165, 1.54) is 30.7 Å². The van der Waals surface area contributed by atoms with Crippen LogP contribution in [-0.4, -0.2) is 36.4 Å². The molecule has 1 aromatic carbocycles. The van der Waals surface area contributed by atoms with Crippen LogP contribution < -0.4 is 11.0 Å². The summed E-state index contributed by atoms with van der Waals surface area (Å²) >= 11 is 0. The number of aromatic nitrogens is 4. The van der Waals surface area contributed by atoms with Crippen LogP contribution in [0, 0.1) is 0 Å². The number of aromatic hydroxyl groups is 2. The second-order valence-electron chi connectivity index (χ2n) is 4.13. The SMILES string of the molecule is O=c1[nH]cnc2nc(N/N=C\c3ccc(O)cc3O)[nH]c12. The minimum Gasteiger partial charge on any atom is -0.508 e. The van der Waals surface area contributed by atoms with Gasteiger partial charge >= 0.3 is 0 Å². The van der Waals surface area contributed by atoms with Crippen LogP contribution in [0.1, 0.15) is 5.56 Å². The summed E-state index contributed by atoms with van der Waals surface area (Å²) in [5.74, 6) is 0.0900. The number of H-pyrrole nitrogens is 2. The standard InChI is InChI=1S/C12H10N6O3/c19-7-2-1-6(8(20)3-7)4-15-18-12-16-9-10(17-12)13-5-14-11(9)21/h1-5,19-20H,(H3,13,14,16,17,18,21)/b15-4-. The molecule has 5 N–H and O–H groups in total. The van der Waals surface area contributed by atoms with Crippen LogP contribution in [0.15, 0.2) is 34.4 Å². The third-order valence-corrected chi connectivity index (χ3v) is 2.68. The molecule has 106 valence electrons. The third kappa shape index (κ3) is 2.52. The van der Waals surface area contributed by atoms with Crippen LogP contribution in [0.3, 0.4) is 0 Å². The highest BCUT2D eigenvalue weighted by molar-refractivity contribution is 5.84. The van der Waals surface area contributed by atoms with Gasteiger partial charge in [-0.2, -0.15) is 10.1 Å². The molecule has 21 heavy (non-hydrogen) atoms. The summed E-state index contributed by atoms with van der Waals surface area (Å²) in [6.07, 6.45) is 2.60. The molecule has 0 spiro atoms. The van der Waals surface area contributed by atoms with Crippen LogP contribution in [0.2, 0.25) is 0 Å². The summed E-state index contributed by atoms with van der Waals surface area (Å²) in [6, 6.07) is 4.12. The largest absolute Gasteiger partial charge is 0.508 e. The van der Waals surface area contributed by atoms with Gasteiger partial charge in [0, 0.05) is 11.6 Å². The van der Waals surface area contributed by atoms with Crippen molar-refractivity contribution < 1.29 is 10.2 Å². The predicted octanol–water partition coefficient (Wildman–Crippen LogP) is 0.503. The number of hydrazone groups is 1. The number of hydrogen-bond donors (Lipinski definition) is 5. The highest BCUT2D eigenvalue weighted by atomic mass is 16.3. The van der Waals surface area contributed by atoms with Crippen molar-refractivity contribution in [2.45, 2.75) is 0 Å². The zero-order valence-electron chi connectivity index (χ0n) is 10.5. The topological polar surface area (TPSA) is 139 Å².